The Morgan fingerprint density at radius 3 is 2.41 bits per heavy atom. The Morgan fingerprint density at radius 1 is 1.00 bits per heavy atom. The normalized spacial score (nSPS) is 11.2. The predicted molar refractivity (Wildman–Crippen MR) is 124 cm³/mol. The molecular formula is C24H29N3O7. The second-order valence-corrected chi connectivity index (χ2v) is 7.53. The van der Waals surface area contributed by atoms with Crippen LogP contribution in [0.3, 0.4) is 0 Å². The van der Waals surface area contributed by atoms with E-state index in [0.29, 0.717) is 31.4 Å². The lowest BCUT2D eigenvalue weighted by atomic mass is 10.0. The molecule has 0 fully saturated rings. The Hall–Kier alpha value is -3.95. The van der Waals surface area contributed by atoms with E-state index in [1.165, 1.54) is 25.3 Å². The van der Waals surface area contributed by atoms with Gasteiger partial charge >= 0.3 is 12.1 Å². The number of alkyl carbamates (subject to hydrolysis) is 1. The van der Waals surface area contributed by atoms with Crippen molar-refractivity contribution in [1.82, 2.24) is 10.6 Å². The van der Waals surface area contributed by atoms with E-state index in [-0.39, 0.29) is 31.0 Å². The SMILES string of the molecule is COC(=O)[C@@H](Cc1ccccc1[N+](=O)[O-])NC(=O)CCCCCNC(=O)OCc1ccccc1. The molecule has 2 rings (SSSR count). The number of unbranched alkanes of at least 4 members (excludes halogenated alkanes) is 2. The maximum absolute atomic E-state index is 12.3. The van der Waals surface area contributed by atoms with Crippen LogP contribution in [0, 0.1) is 10.1 Å². The highest BCUT2D eigenvalue weighted by atomic mass is 16.6. The molecule has 0 aromatic heterocycles. The lowest BCUT2D eigenvalue weighted by Gasteiger charge is -2.16. The van der Waals surface area contributed by atoms with Gasteiger partial charge in [-0.3, -0.25) is 14.9 Å². The molecule has 182 valence electrons. The zero-order valence-corrected chi connectivity index (χ0v) is 19.0. The predicted octanol–water partition coefficient (Wildman–Crippen LogP) is 3.28. The zero-order valence-electron chi connectivity index (χ0n) is 19.0. The number of hydrogen-bond acceptors (Lipinski definition) is 7. The molecule has 1 atom stereocenters. The van der Waals surface area contributed by atoms with E-state index in [2.05, 4.69) is 10.6 Å². The third-order valence-electron chi connectivity index (χ3n) is 5.00. The van der Waals surface area contributed by atoms with Crippen LogP contribution in [-0.4, -0.2) is 42.6 Å². The van der Waals surface area contributed by atoms with Crippen molar-refractivity contribution in [3.05, 3.63) is 75.8 Å². The lowest BCUT2D eigenvalue weighted by Crippen LogP contribution is -2.43. The van der Waals surface area contributed by atoms with Gasteiger partial charge in [0.05, 0.1) is 12.0 Å². The van der Waals surface area contributed by atoms with E-state index in [0.717, 1.165) is 5.56 Å². The second-order valence-electron chi connectivity index (χ2n) is 7.53. The molecule has 0 radical (unpaired) electrons. The molecule has 0 unspecified atom stereocenters. The van der Waals surface area contributed by atoms with Crippen LogP contribution in [0.1, 0.15) is 36.8 Å². The lowest BCUT2D eigenvalue weighted by molar-refractivity contribution is -0.385. The second kappa shape index (κ2) is 14.2. The fourth-order valence-corrected chi connectivity index (χ4v) is 3.24. The molecule has 2 amide bonds. The molecule has 34 heavy (non-hydrogen) atoms. The number of carbonyl (C=O) groups excluding carboxylic acids is 3. The van der Waals surface area contributed by atoms with Crippen molar-refractivity contribution in [2.24, 2.45) is 0 Å². The molecule has 0 bridgehead atoms. The summed E-state index contributed by atoms with van der Waals surface area (Å²) in [7, 11) is 1.19. The number of nitrogens with one attached hydrogen (secondary N) is 2. The third kappa shape index (κ3) is 9.27. The number of nitrogens with zero attached hydrogens (tertiary/aromatic N) is 1. The Morgan fingerprint density at radius 2 is 1.71 bits per heavy atom. The number of para-hydroxylation sites is 1. The van der Waals surface area contributed by atoms with Gasteiger partial charge in [0.25, 0.3) is 5.69 Å². The van der Waals surface area contributed by atoms with E-state index in [1.54, 1.807) is 6.07 Å². The number of methoxy groups -OCH3 is 1. The molecule has 0 heterocycles. The summed E-state index contributed by atoms with van der Waals surface area (Å²) in [6.45, 7) is 0.609. The summed E-state index contributed by atoms with van der Waals surface area (Å²) in [4.78, 5) is 46.8. The van der Waals surface area contributed by atoms with Gasteiger partial charge in [0.2, 0.25) is 5.91 Å². The highest BCUT2D eigenvalue weighted by Gasteiger charge is 2.25. The quantitative estimate of drug-likeness (QED) is 0.198. The highest BCUT2D eigenvalue weighted by molar-refractivity contribution is 5.84. The average Bonchev–Trinajstić information content (AvgIpc) is 2.84. The van der Waals surface area contributed by atoms with Crippen LogP contribution in [0.4, 0.5) is 10.5 Å². The first-order valence-corrected chi connectivity index (χ1v) is 10.9. The molecular weight excluding hydrogens is 442 g/mol. The van der Waals surface area contributed by atoms with Crippen molar-refractivity contribution in [3.63, 3.8) is 0 Å². The number of esters is 1. The van der Waals surface area contributed by atoms with Gasteiger partial charge in [0, 0.05) is 31.0 Å². The van der Waals surface area contributed by atoms with Crippen LogP contribution in [0.2, 0.25) is 0 Å². The summed E-state index contributed by atoms with van der Waals surface area (Å²) in [5.41, 5.74) is 1.10. The number of amides is 2. The fraction of sp³-hybridized carbons (Fsp3) is 0.375. The van der Waals surface area contributed by atoms with Gasteiger partial charge in [0.1, 0.15) is 12.6 Å². The van der Waals surface area contributed by atoms with E-state index >= 15 is 0 Å². The Labute approximate surface area is 197 Å². The molecule has 0 saturated heterocycles. The molecule has 0 aliphatic carbocycles. The van der Waals surface area contributed by atoms with Crippen LogP contribution in [0.25, 0.3) is 0 Å². The standard InChI is InChI=1S/C24H29N3O7/c1-33-23(29)20(16-19-12-7-8-13-21(19)27(31)32)26-22(28)14-6-3-9-15-25-24(30)34-17-18-10-4-2-5-11-18/h2,4-5,7-8,10-13,20H,3,6,9,14-17H2,1H3,(H,25,30)(H,26,28)/t20-/m1/s1. The third-order valence-corrected chi connectivity index (χ3v) is 5.00. The Bertz CT molecular complexity index is 966. The Balaban J connectivity index is 1.68. The zero-order chi connectivity index (χ0) is 24.8. The van der Waals surface area contributed by atoms with Gasteiger partial charge in [-0.2, -0.15) is 0 Å². The fourth-order valence-electron chi connectivity index (χ4n) is 3.24. The van der Waals surface area contributed by atoms with E-state index in [4.69, 9.17) is 9.47 Å². The largest absolute Gasteiger partial charge is 0.467 e. The number of ether oxygens (including phenoxy) is 2. The van der Waals surface area contributed by atoms with Crippen LogP contribution in [0.5, 0.6) is 0 Å². The van der Waals surface area contributed by atoms with Crippen molar-refractivity contribution in [2.45, 2.75) is 44.8 Å². The van der Waals surface area contributed by atoms with Crippen LogP contribution in [0.15, 0.2) is 54.6 Å². The van der Waals surface area contributed by atoms with Crippen molar-refractivity contribution in [3.8, 4) is 0 Å². The van der Waals surface area contributed by atoms with Gasteiger partial charge in [-0.15, -0.1) is 0 Å². The number of benzene rings is 2. The summed E-state index contributed by atoms with van der Waals surface area (Å²) in [5, 5.41) is 16.5. The molecule has 2 N–H and O–H groups in total. The van der Waals surface area contributed by atoms with E-state index in [9.17, 15) is 24.5 Å². The van der Waals surface area contributed by atoms with Crippen molar-refractivity contribution in [2.75, 3.05) is 13.7 Å². The topological polar surface area (TPSA) is 137 Å². The van der Waals surface area contributed by atoms with Gasteiger partial charge < -0.3 is 20.1 Å². The highest BCUT2D eigenvalue weighted by Crippen LogP contribution is 2.19. The van der Waals surface area contributed by atoms with Crippen LogP contribution < -0.4 is 10.6 Å². The summed E-state index contributed by atoms with van der Waals surface area (Å²) in [6, 6.07) is 14.4. The molecule has 10 nitrogen and oxygen atoms in total. The van der Waals surface area contributed by atoms with Gasteiger partial charge in [0.15, 0.2) is 0 Å². The van der Waals surface area contributed by atoms with Crippen molar-refractivity contribution in [1.29, 1.82) is 0 Å². The minimum Gasteiger partial charge on any atom is -0.467 e. The first-order valence-electron chi connectivity index (χ1n) is 10.9. The average molecular weight is 472 g/mol. The number of carbonyl (C=O) groups is 3. The molecule has 10 heteroatoms. The summed E-state index contributed by atoms with van der Waals surface area (Å²) in [5.74, 6) is -1.03. The molecule has 2 aromatic rings. The number of rotatable bonds is 13. The maximum Gasteiger partial charge on any atom is 0.407 e. The molecule has 2 aromatic carbocycles. The van der Waals surface area contributed by atoms with Crippen LogP contribution in [-0.2, 0) is 32.1 Å². The Kier molecular flexibility index (Phi) is 11.0. The maximum atomic E-state index is 12.3. The molecule has 0 saturated carbocycles. The monoisotopic (exact) mass is 471 g/mol. The summed E-state index contributed by atoms with van der Waals surface area (Å²) < 4.78 is 9.86. The minimum atomic E-state index is -1.03. The van der Waals surface area contributed by atoms with Gasteiger partial charge in [-0.1, -0.05) is 55.0 Å². The van der Waals surface area contributed by atoms with Crippen molar-refractivity contribution >= 4 is 23.7 Å². The number of nitro benzene ring substituents is 1. The summed E-state index contributed by atoms with van der Waals surface area (Å²) >= 11 is 0. The van der Waals surface area contributed by atoms with Crippen LogP contribution >= 0.6 is 0 Å². The summed E-state index contributed by atoms with van der Waals surface area (Å²) in [6.07, 6.45) is 1.50. The molecule has 0 spiro atoms. The number of nitro groups is 1. The van der Waals surface area contributed by atoms with E-state index < -0.39 is 23.0 Å². The molecule has 0 aliphatic heterocycles. The van der Waals surface area contributed by atoms with Gasteiger partial charge in [-0.05, 0) is 18.4 Å². The van der Waals surface area contributed by atoms with E-state index in [1.807, 2.05) is 30.3 Å². The van der Waals surface area contributed by atoms with Gasteiger partial charge in [-0.25, -0.2) is 9.59 Å². The van der Waals surface area contributed by atoms with Crippen molar-refractivity contribution < 1.29 is 28.8 Å². The number of hydrogen-bond donors (Lipinski definition) is 2. The first kappa shape index (κ1) is 26.3. The smallest absolute Gasteiger partial charge is 0.407 e. The minimum absolute atomic E-state index is 0.0510. The first-order chi connectivity index (χ1) is 16.4. The molecule has 0 aliphatic rings.